The van der Waals surface area contributed by atoms with E-state index in [4.69, 9.17) is 0 Å². The molecule has 2 aliphatic heterocycles. The first-order valence-electron chi connectivity index (χ1n) is 12.9. The van der Waals surface area contributed by atoms with Crippen molar-refractivity contribution in [1.29, 1.82) is 0 Å². The van der Waals surface area contributed by atoms with Crippen LogP contribution < -0.4 is 15.5 Å². The van der Waals surface area contributed by atoms with Crippen LogP contribution in [-0.2, 0) is 16.0 Å². The zero-order valence-electron chi connectivity index (χ0n) is 20.8. The van der Waals surface area contributed by atoms with Crippen LogP contribution in [0.5, 0.6) is 0 Å². The van der Waals surface area contributed by atoms with E-state index in [1.807, 2.05) is 36.7 Å². The summed E-state index contributed by atoms with van der Waals surface area (Å²) in [6.07, 6.45) is 7.75. The van der Waals surface area contributed by atoms with E-state index >= 15 is 0 Å². The number of pyridine rings is 1. The molecule has 1 atom stereocenters. The van der Waals surface area contributed by atoms with Crippen molar-refractivity contribution in [3.8, 4) is 0 Å². The highest BCUT2D eigenvalue weighted by molar-refractivity contribution is 6.11. The quantitative estimate of drug-likeness (QED) is 0.579. The van der Waals surface area contributed by atoms with Crippen LogP contribution in [0.25, 0.3) is 0 Å². The summed E-state index contributed by atoms with van der Waals surface area (Å²) in [6, 6.07) is 10.5. The van der Waals surface area contributed by atoms with Crippen molar-refractivity contribution < 1.29 is 14.4 Å². The standard InChI is InChI=1S/C27H34N6O3/c1-20(33-25(35)27(30-26(33)36)11-4-5-12-27)24(34)29-22-6-2-3-7-23(22)32-18-16-31(17-19-32)15-10-21-8-13-28-14-9-21/h2-3,6-9,13-14,20H,4-5,10-12,15-19H2,1H3,(H,29,34)(H,30,36). The topological polar surface area (TPSA) is 97.9 Å². The first kappa shape index (κ1) is 24.2. The minimum atomic E-state index is -0.893. The van der Waals surface area contributed by atoms with E-state index in [2.05, 4.69) is 37.6 Å². The van der Waals surface area contributed by atoms with Crippen molar-refractivity contribution in [2.45, 2.75) is 50.6 Å². The minimum absolute atomic E-state index is 0.274. The molecule has 0 bridgehead atoms. The Hall–Kier alpha value is -3.46. The number of amides is 4. The van der Waals surface area contributed by atoms with Crippen molar-refractivity contribution in [2.75, 3.05) is 42.9 Å². The maximum atomic E-state index is 13.2. The highest BCUT2D eigenvalue weighted by atomic mass is 16.2. The predicted octanol–water partition coefficient (Wildman–Crippen LogP) is 2.64. The molecule has 1 saturated carbocycles. The average Bonchev–Trinajstić information content (AvgIpc) is 3.47. The number of urea groups is 1. The van der Waals surface area contributed by atoms with Gasteiger partial charge in [0, 0.05) is 45.1 Å². The van der Waals surface area contributed by atoms with Crippen LogP contribution in [0.4, 0.5) is 16.2 Å². The number of anilines is 2. The van der Waals surface area contributed by atoms with Crippen LogP contribution >= 0.6 is 0 Å². The Morgan fingerprint density at radius 3 is 2.47 bits per heavy atom. The molecule has 9 nitrogen and oxygen atoms in total. The Labute approximate surface area is 211 Å². The highest BCUT2D eigenvalue weighted by Crippen LogP contribution is 2.36. The Balaban J connectivity index is 1.20. The van der Waals surface area contributed by atoms with E-state index in [-0.39, 0.29) is 11.8 Å². The van der Waals surface area contributed by atoms with Gasteiger partial charge in [0.05, 0.1) is 11.4 Å². The van der Waals surface area contributed by atoms with Gasteiger partial charge in [0.25, 0.3) is 5.91 Å². The maximum Gasteiger partial charge on any atom is 0.325 e. The number of aromatic nitrogens is 1. The van der Waals surface area contributed by atoms with Gasteiger partial charge in [-0.15, -0.1) is 0 Å². The second-order valence-corrected chi connectivity index (χ2v) is 10.0. The summed E-state index contributed by atoms with van der Waals surface area (Å²) < 4.78 is 0. The third-order valence-corrected chi connectivity index (χ3v) is 7.76. The summed E-state index contributed by atoms with van der Waals surface area (Å²) in [5.41, 5.74) is 2.12. The molecule has 3 aliphatic rings. The van der Waals surface area contributed by atoms with Gasteiger partial charge in [-0.05, 0) is 56.0 Å². The van der Waals surface area contributed by atoms with Crippen LogP contribution in [0.2, 0.25) is 0 Å². The number of piperazine rings is 1. The summed E-state index contributed by atoms with van der Waals surface area (Å²) >= 11 is 0. The molecule has 1 aromatic carbocycles. The van der Waals surface area contributed by atoms with Gasteiger partial charge >= 0.3 is 6.03 Å². The van der Waals surface area contributed by atoms with Gasteiger partial charge in [0.15, 0.2) is 0 Å². The molecule has 2 N–H and O–H groups in total. The fourth-order valence-corrected chi connectivity index (χ4v) is 5.57. The number of rotatable bonds is 7. The zero-order chi connectivity index (χ0) is 25.1. The molecule has 3 heterocycles. The van der Waals surface area contributed by atoms with Gasteiger partial charge in [0.2, 0.25) is 5.91 Å². The lowest BCUT2D eigenvalue weighted by atomic mass is 9.97. The van der Waals surface area contributed by atoms with Crippen molar-refractivity contribution in [3.63, 3.8) is 0 Å². The second kappa shape index (κ2) is 10.3. The molecule has 0 radical (unpaired) electrons. The fourth-order valence-electron chi connectivity index (χ4n) is 5.57. The summed E-state index contributed by atoms with van der Waals surface area (Å²) in [6.45, 7) is 6.21. The van der Waals surface area contributed by atoms with Gasteiger partial charge in [-0.25, -0.2) is 9.69 Å². The van der Waals surface area contributed by atoms with Crippen LogP contribution in [0.3, 0.4) is 0 Å². The van der Waals surface area contributed by atoms with E-state index in [1.54, 1.807) is 6.92 Å². The number of nitrogens with zero attached hydrogens (tertiary/aromatic N) is 4. The lowest BCUT2D eigenvalue weighted by molar-refractivity contribution is -0.136. The van der Waals surface area contributed by atoms with E-state index in [0.717, 1.165) is 62.6 Å². The average molecular weight is 491 g/mol. The SMILES string of the molecule is CC(C(=O)Nc1ccccc1N1CCN(CCc2ccncc2)CC1)N1C(=O)NC2(CCCC2)C1=O. The maximum absolute atomic E-state index is 13.2. The summed E-state index contributed by atoms with van der Waals surface area (Å²) in [5, 5.41) is 5.85. The molecule has 3 fully saturated rings. The Bertz CT molecular complexity index is 1110. The molecule has 1 aliphatic carbocycles. The van der Waals surface area contributed by atoms with Crippen molar-refractivity contribution in [2.24, 2.45) is 0 Å². The summed E-state index contributed by atoms with van der Waals surface area (Å²) in [7, 11) is 0. The molecule has 190 valence electrons. The summed E-state index contributed by atoms with van der Waals surface area (Å²) in [4.78, 5) is 48.8. The summed E-state index contributed by atoms with van der Waals surface area (Å²) in [5.74, 6) is -0.638. The predicted molar refractivity (Wildman–Crippen MR) is 138 cm³/mol. The van der Waals surface area contributed by atoms with Crippen LogP contribution in [0.15, 0.2) is 48.8 Å². The molecule has 2 saturated heterocycles. The number of benzene rings is 1. The van der Waals surface area contributed by atoms with Gasteiger partial charge in [-0.3, -0.25) is 19.5 Å². The number of imide groups is 1. The normalized spacial score (nSPS) is 20.6. The molecule has 36 heavy (non-hydrogen) atoms. The first-order chi connectivity index (χ1) is 17.5. The third kappa shape index (κ3) is 4.80. The number of nitrogens with one attached hydrogen (secondary N) is 2. The van der Waals surface area contributed by atoms with Gasteiger partial charge in [-0.1, -0.05) is 25.0 Å². The molecule has 9 heteroatoms. The monoisotopic (exact) mass is 490 g/mol. The molecule has 1 aromatic heterocycles. The Morgan fingerprint density at radius 1 is 1.06 bits per heavy atom. The lowest BCUT2D eigenvalue weighted by Crippen LogP contribution is -2.49. The zero-order valence-corrected chi connectivity index (χ0v) is 20.8. The first-order valence-corrected chi connectivity index (χ1v) is 12.9. The molecular formula is C27H34N6O3. The van der Waals surface area contributed by atoms with Crippen LogP contribution in [-0.4, -0.2) is 76.9 Å². The number of hydrogen-bond donors (Lipinski definition) is 2. The van der Waals surface area contributed by atoms with E-state index in [1.165, 1.54) is 5.56 Å². The number of hydrogen-bond acceptors (Lipinski definition) is 6. The van der Waals surface area contributed by atoms with E-state index < -0.39 is 17.6 Å². The Kier molecular flexibility index (Phi) is 6.91. The van der Waals surface area contributed by atoms with Crippen LogP contribution in [0, 0.1) is 0 Å². The van der Waals surface area contributed by atoms with Gasteiger partial charge in [0.1, 0.15) is 11.6 Å². The third-order valence-electron chi connectivity index (χ3n) is 7.76. The smallest absolute Gasteiger partial charge is 0.325 e. The van der Waals surface area contributed by atoms with E-state index in [0.29, 0.717) is 18.5 Å². The molecule has 4 amide bonds. The Morgan fingerprint density at radius 2 is 1.75 bits per heavy atom. The molecule has 1 unspecified atom stereocenters. The molecular weight excluding hydrogens is 456 g/mol. The van der Waals surface area contributed by atoms with Crippen molar-refractivity contribution in [1.82, 2.24) is 20.1 Å². The number of carbonyl (C=O) groups excluding carboxylic acids is 3. The fraction of sp³-hybridized carbons (Fsp3) is 0.481. The number of carbonyl (C=O) groups is 3. The molecule has 1 spiro atoms. The molecule has 5 rings (SSSR count). The highest BCUT2D eigenvalue weighted by Gasteiger charge is 2.54. The van der Waals surface area contributed by atoms with Gasteiger partial charge in [-0.2, -0.15) is 0 Å². The molecule has 2 aromatic rings. The second-order valence-electron chi connectivity index (χ2n) is 10.0. The largest absolute Gasteiger partial charge is 0.367 e. The lowest BCUT2D eigenvalue weighted by Gasteiger charge is -2.37. The van der Waals surface area contributed by atoms with Crippen molar-refractivity contribution in [3.05, 3.63) is 54.4 Å². The van der Waals surface area contributed by atoms with Crippen molar-refractivity contribution >= 4 is 29.2 Å². The number of para-hydroxylation sites is 2. The van der Waals surface area contributed by atoms with E-state index in [9.17, 15) is 14.4 Å². The minimum Gasteiger partial charge on any atom is -0.367 e. The van der Waals surface area contributed by atoms with Gasteiger partial charge < -0.3 is 15.5 Å². The van der Waals surface area contributed by atoms with Crippen LogP contribution in [0.1, 0.15) is 38.2 Å².